The molecule has 0 aliphatic rings. The zero-order valence-corrected chi connectivity index (χ0v) is 54.5. The molecule has 0 radical (unpaired) electrons. The van der Waals surface area contributed by atoms with Gasteiger partial charge in [0, 0.05) is 6.42 Å². The Labute approximate surface area is 497 Å². The third kappa shape index (κ3) is 63.5. The maximum Gasteiger partial charge on any atom is 0.472 e. The van der Waals surface area contributed by atoms with Gasteiger partial charge in [-0.1, -0.05) is 324 Å². The summed E-state index contributed by atoms with van der Waals surface area (Å²) in [6.07, 6.45) is 85.7. The van der Waals surface area contributed by atoms with E-state index in [-0.39, 0.29) is 19.1 Å². The molecular weight excluding hydrogens is 1010 g/mol. The molecule has 0 aliphatic heterocycles. The van der Waals surface area contributed by atoms with Crippen LogP contribution in [0.1, 0.15) is 322 Å². The van der Waals surface area contributed by atoms with E-state index in [2.05, 4.69) is 92.1 Å². The van der Waals surface area contributed by atoms with Crippen LogP contribution in [-0.4, -0.2) is 73.4 Å². The standard InChI is InChI=1S/C71H133N2O6P/c1-6-8-10-12-14-16-18-20-22-24-26-28-30-32-33-34-35-36-37-38-39-41-42-44-46-48-50-52-54-56-58-60-62-64-70(74)69(68-79-80(76,77)78-67-66-73(3,4)5)72-71(75)65-63-61-59-57-55-53-51-49-47-45-43-40-31-29-27-25-23-21-19-17-15-13-11-9-7-2/h9,11,15,17,21,23,27,29,40,43,47,49,69-70,74H,6-8,10,12-14,16,18-20,22,24-26,28,30-39,41-42,44-46,48,50-68H2,1-5H3,(H-,72,75,76,77)/p+1/b11-9-,17-15-,23-21-,29-27-,43-40-,49-47-. The predicted molar refractivity (Wildman–Crippen MR) is 350 cm³/mol. The number of phosphoric ester groups is 1. The molecule has 0 bridgehead atoms. The Kier molecular flexibility index (Phi) is 59.9. The third-order valence-electron chi connectivity index (χ3n) is 15.5. The Morgan fingerprint density at radius 2 is 0.750 bits per heavy atom. The Morgan fingerprint density at radius 3 is 1.10 bits per heavy atom. The summed E-state index contributed by atoms with van der Waals surface area (Å²) in [4.78, 5) is 23.4. The second-order valence-electron chi connectivity index (χ2n) is 24.5. The molecular formula is C71H134N2O6P+. The van der Waals surface area contributed by atoms with Crippen LogP contribution in [0, 0.1) is 0 Å². The number of phosphoric acid groups is 1. The van der Waals surface area contributed by atoms with Gasteiger partial charge in [0.1, 0.15) is 13.2 Å². The molecule has 0 saturated carbocycles. The lowest BCUT2D eigenvalue weighted by molar-refractivity contribution is -0.870. The van der Waals surface area contributed by atoms with Crippen molar-refractivity contribution in [3.05, 3.63) is 72.9 Å². The molecule has 1 amide bonds. The van der Waals surface area contributed by atoms with E-state index in [0.717, 1.165) is 89.9 Å². The van der Waals surface area contributed by atoms with E-state index in [4.69, 9.17) is 9.05 Å². The number of aliphatic hydroxyl groups is 1. The van der Waals surface area contributed by atoms with Crippen molar-refractivity contribution >= 4 is 13.7 Å². The van der Waals surface area contributed by atoms with Crippen LogP contribution in [0.5, 0.6) is 0 Å². The fourth-order valence-corrected chi connectivity index (χ4v) is 10.9. The van der Waals surface area contributed by atoms with Crippen molar-refractivity contribution in [1.82, 2.24) is 5.32 Å². The molecule has 0 heterocycles. The quantitative estimate of drug-likeness (QED) is 0.0243. The van der Waals surface area contributed by atoms with E-state index >= 15 is 0 Å². The minimum Gasteiger partial charge on any atom is -0.391 e. The van der Waals surface area contributed by atoms with Crippen LogP contribution in [0.3, 0.4) is 0 Å². The van der Waals surface area contributed by atoms with Gasteiger partial charge in [-0.25, -0.2) is 4.57 Å². The minimum absolute atomic E-state index is 0.0685. The summed E-state index contributed by atoms with van der Waals surface area (Å²) < 4.78 is 23.9. The van der Waals surface area contributed by atoms with Gasteiger partial charge in [-0.05, 0) is 64.2 Å². The van der Waals surface area contributed by atoms with Crippen molar-refractivity contribution in [2.24, 2.45) is 0 Å². The van der Waals surface area contributed by atoms with Crippen LogP contribution in [0.4, 0.5) is 0 Å². The third-order valence-corrected chi connectivity index (χ3v) is 16.5. The largest absolute Gasteiger partial charge is 0.472 e. The van der Waals surface area contributed by atoms with Gasteiger partial charge in [-0.3, -0.25) is 13.8 Å². The van der Waals surface area contributed by atoms with Crippen LogP contribution < -0.4 is 5.32 Å². The lowest BCUT2D eigenvalue weighted by Gasteiger charge is -2.26. The molecule has 3 N–H and O–H groups in total. The molecule has 80 heavy (non-hydrogen) atoms. The smallest absolute Gasteiger partial charge is 0.391 e. The molecule has 0 aliphatic carbocycles. The summed E-state index contributed by atoms with van der Waals surface area (Å²) in [5, 5.41) is 14.1. The first-order chi connectivity index (χ1) is 39.0. The number of amides is 1. The second kappa shape index (κ2) is 61.5. The highest BCUT2D eigenvalue weighted by atomic mass is 31.2. The van der Waals surface area contributed by atoms with E-state index < -0.39 is 20.0 Å². The van der Waals surface area contributed by atoms with Crippen molar-refractivity contribution in [1.29, 1.82) is 0 Å². The van der Waals surface area contributed by atoms with Gasteiger partial charge < -0.3 is 19.8 Å². The Balaban J connectivity index is 4.06. The van der Waals surface area contributed by atoms with E-state index in [1.165, 1.54) is 205 Å². The summed E-state index contributed by atoms with van der Waals surface area (Å²) >= 11 is 0. The second-order valence-corrected chi connectivity index (χ2v) is 26.0. The molecule has 0 fully saturated rings. The van der Waals surface area contributed by atoms with Gasteiger partial charge >= 0.3 is 7.82 Å². The van der Waals surface area contributed by atoms with Gasteiger partial charge in [-0.2, -0.15) is 0 Å². The van der Waals surface area contributed by atoms with Gasteiger partial charge in [0.15, 0.2) is 0 Å². The molecule has 8 nitrogen and oxygen atoms in total. The Morgan fingerprint density at radius 1 is 0.438 bits per heavy atom. The topological polar surface area (TPSA) is 105 Å². The summed E-state index contributed by atoms with van der Waals surface area (Å²) in [5.74, 6) is -0.157. The molecule has 0 rings (SSSR count). The summed E-state index contributed by atoms with van der Waals surface area (Å²) in [7, 11) is 1.60. The van der Waals surface area contributed by atoms with Crippen LogP contribution in [0.2, 0.25) is 0 Å². The van der Waals surface area contributed by atoms with Crippen LogP contribution in [-0.2, 0) is 18.4 Å². The SMILES string of the molecule is CC/C=C\C/C=C\C/C=C\C/C=C\C/C=C\C/C=C\CCCCCCCCC(=O)NC(COP(=O)(O)OCC[N+](C)(C)C)C(O)CCCCCCCCCCCCCCCCCCCCCCCCCCCCCCCCCCC. The van der Waals surface area contributed by atoms with Crippen molar-refractivity contribution in [2.45, 2.75) is 334 Å². The molecule has 3 atom stereocenters. The Hall–Kier alpha value is -2.06. The fraction of sp³-hybridized carbons (Fsp3) is 0.817. The maximum absolute atomic E-state index is 13.1. The lowest BCUT2D eigenvalue weighted by Crippen LogP contribution is -2.46. The van der Waals surface area contributed by atoms with Crippen molar-refractivity contribution in [3.8, 4) is 0 Å². The molecule has 3 unspecified atom stereocenters. The fourth-order valence-electron chi connectivity index (χ4n) is 10.2. The first-order valence-corrected chi connectivity index (χ1v) is 35.8. The molecule has 0 spiro atoms. The number of rotatable bonds is 63. The van der Waals surface area contributed by atoms with Gasteiger partial charge in [-0.15, -0.1) is 0 Å². The van der Waals surface area contributed by atoms with Crippen LogP contribution >= 0.6 is 7.82 Å². The van der Waals surface area contributed by atoms with E-state index in [0.29, 0.717) is 23.9 Å². The first kappa shape index (κ1) is 77.9. The number of hydrogen-bond donors (Lipinski definition) is 3. The number of unbranched alkanes of at least 4 members (excludes halogenated alkanes) is 38. The maximum atomic E-state index is 13.1. The first-order valence-electron chi connectivity index (χ1n) is 34.3. The zero-order valence-electron chi connectivity index (χ0n) is 53.6. The normalized spacial score (nSPS) is 14.1. The highest BCUT2D eigenvalue weighted by Gasteiger charge is 2.28. The summed E-state index contributed by atoms with van der Waals surface area (Å²) in [5.41, 5.74) is 0. The minimum atomic E-state index is -4.34. The zero-order chi connectivity index (χ0) is 58.4. The highest BCUT2D eigenvalue weighted by molar-refractivity contribution is 7.47. The predicted octanol–water partition coefficient (Wildman–Crippen LogP) is 21.8. The van der Waals surface area contributed by atoms with Crippen LogP contribution in [0.25, 0.3) is 0 Å². The lowest BCUT2D eigenvalue weighted by atomic mass is 10.0. The summed E-state index contributed by atoms with van der Waals surface area (Å²) in [6.45, 7) is 4.80. The summed E-state index contributed by atoms with van der Waals surface area (Å²) in [6, 6.07) is -0.776. The number of carbonyl (C=O) groups excluding carboxylic acids is 1. The number of hydrogen-bond acceptors (Lipinski definition) is 5. The molecule has 468 valence electrons. The molecule has 0 aromatic heterocycles. The number of aliphatic hydroxyl groups excluding tert-OH is 1. The highest BCUT2D eigenvalue weighted by Crippen LogP contribution is 2.43. The Bertz CT molecular complexity index is 1530. The van der Waals surface area contributed by atoms with Gasteiger partial charge in [0.2, 0.25) is 5.91 Å². The number of likely N-dealkylation sites (N-methyl/N-ethyl adjacent to an activating group) is 1. The number of nitrogens with zero attached hydrogens (tertiary/aromatic N) is 1. The molecule has 0 aromatic rings. The van der Waals surface area contributed by atoms with Gasteiger partial charge in [0.25, 0.3) is 0 Å². The average Bonchev–Trinajstić information content (AvgIpc) is 3.42. The molecule has 0 aromatic carbocycles. The average molecular weight is 1140 g/mol. The monoisotopic (exact) mass is 1140 g/mol. The van der Waals surface area contributed by atoms with Crippen molar-refractivity contribution < 1.29 is 32.9 Å². The van der Waals surface area contributed by atoms with E-state index in [9.17, 15) is 19.4 Å². The van der Waals surface area contributed by atoms with Crippen molar-refractivity contribution in [2.75, 3.05) is 40.9 Å². The van der Waals surface area contributed by atoms with E-state index in [1.807, 2.05) is 21.1 Å². The van der Waals surface area contributed by atoms with Crippen molar-refractivity contribution in [3.63, 3.8) is 0 Å². The number of nitrogens with one attached hydrogen (secondary N) is 1. The van der Waals surface area contributed by atoms with E-state index in [1.54, 1.807) is 0 Å². The molecule has 0 saturated heterocycles. The van der Waals surface area contributed by atoms with Crippen LogP contribution in [0.15, 0.2) is 72.9 Å². The number of carbonyl (C=O) groups is 1. The number of allylic oxidation sites excluding steroid dienone is 12. The number of quaternary nitrogens is 1. The van der Waals surface area contributed by atoms with Gasteiger partial charge in [0.05, 0.1) is 39.9 Å². The molecule has 9 heteroatoms.